The molecular formula is C6H9BN2. The maximum atomic E-state index is 5.54. The normalized spacial score (nSPS) is 9.33. The van der Waals surface area contributed by atoms with Crippen LogP contribution >= 0.6 is 0 Å². The third kappa shape index (κ3) is 0.990. The summed E-state index contributed by atoms with van der Waals surface area (Å²) in [4.78, 5) is 0. The first-order valence-corrected chi connectivity index (χ1v) is 2.82. The quantitative estimate of drug-likeness (QED) is 0.344. The topological polar surface area (TPSA) is 52.0 Å². The van der Waals surface area contributed by atoms with E-state index in [9.17, 15) is 0 Å². The SMILES string of the molecule is Bc1c(N)cccc1N. The summed E-state index contributed by atoms with van der Waals surface area (Å²) in [5, 5.41) is 0. The molecule has 0 aliphatic rings. The van der Waals surface area contributed by atoms with Gasteiger partial charge in [-0.25, -0.2) is 0 Å². The zero-order chi connectivity index (χ0) is 6.85. The molecule has 4 N–H and O–H groups in total. The largest absolute Gasteiger partial charge is 0.399 e. The Morgan fingerprint density at radius 3 is 1.89 bits per heavy atom. The summed E-state index contributed by atoms with van der Waals surface area (Å²) in [6, 6.07) is 5.52. The molecule has 0 saturated carbocycles. The molecule has 0 aliphatic heterocycles. The number of benzene rings is 1. The lowest BCUT2D eigenvalue weighted by molar-refractivity contribution is 1.72. The van der Waals surface area contributed by atoms with Crippen molar-refractivity contribution in [3.05, 3.63) is 18.2 Å². The van der Waals surface area contributed by atoms with Crippen molar-refractivity contribution in [3.8, 4) is 0 Å². The van der Waals surface area contributed by atoms with Gasteiger partial charge in [-0.15, -0.1) is 0 Å². The van der Waals surface area contributed by atoms with E-state index in [0.29, 0.717) is 0 Å². The van der Waals surface area contributed by atoms with Gasteiger partial charge < -0.3 is 11.5 Å². The van der Waals surface area contributed by atoms with E-state index in [-0.39, 0.29) is 0 Å². The van der Waals surface area contributed by atoms with Gasteiger partial charge in [-0.2, -0.15) is 0 Å². The van der Waals surface area contributed by atoms with Gasteiger partial charge in [0.25, 0.3) is 0 Å². The van der Waals surface area contributed by atoms with Crippen molar-refractivity contribution in [2.45, 2.75) is 0 Å². The predicted molar refractivity (Wildman–Crippen MR) is 43.4 cm³/mol. The van der Waals surface area contributed by atoms with E-state index in [4.69, 9.17) is 11.5 Å². The second-order valence-corrected chi connectivity index (χ2v) is 2.06. The van der Waals surface area contributed by atoms with Crippen molar-refractivity contribution in [2.75, 3.05) is 11.5 Å². The Morgan fingerprint density at radius 1 is 1.11 bits per heavy atom. The zero-order valence-electron chi connectivity index (χ0n) is 5.39. The van der Waals surface area contributed by atoms with Gasteiger partial charge in [-0.05, 0) is 17.6 Å². The molecule has 0 aliphatic carbocycles. The van der Waals surface area contributed by atoms with Gasteiger partial charge >= 0.3 is 0 Å². The van der Waals surface area contributed by atoms with Crippen LogP contribution in [0.4, 0.5) is 11.4 Å². The molecule has 0 radical (unpaired) electrons. The van der Waals surface area contributed by atoms with Crippen LogP contribution in [0.1, 0.15) is 0 Å². The fourth-order valence-electron chi connectivity index (χ4n) is 0.672. The monoisotopic (exact) mass is 120 g/mol. The predicted octanol–water partition coefficient (Wildman–Crippen LogP) is -0.891. The minimum Gasteiger partial charge on any atom is -0.399 e. The van der Waals surface area contributed by atoms with E-state index < -0.39 is 0 Å². The molecule has 1 rings (SSSR count). The van der Waals surface area contributed by atoms with E-state index >= 15 is 0 Å². The molecule has 3 heteroatoms. The molecule has 0 fully saturated rings. The highest BCUT2D eigenvalue weighted by atomic mass is 14.6. The van der Waals surface area contributed by atoms with Crippen molar-refractivity contribution in [1.29, 1.82) is 0 Å². The summed E-state index contributed by atoms with van der Waals surface area (Å²) < 4.78 is 0. The molecule has 9 heavy (non-hydrogen) atoms. The molecule has 0 saturated heterocycles. The number of hydrogen-bond acceptors (Lipinski definition) is 2. The van der Waals surface area contributed by atoms with Gasteiger partial charge in [0.1, 0.15) is 7.85 Å². The summed E-state index contributed by atoms with van der Waals surface area (Å²) in [6.45, 7) is 0. The first kappa shape index (κ1) is 6.01. The molecule has 0 unspecified atom stereocenters. The fourth-order valence-corrected chi connectivity index (χ4v) is 0.672. The standard InChI is InChI=1S/C6H9BN2/c7-6-4(8)2-1-3-5(6)9/h1-3H,7-9H2. The van der Waals surface area contributed by atoms with Gasteiger partial charge in [-0.1, -0.05) is 6.07 Å². The highest BCUT2D eigenvalue weighted by Gasteiger charge is 1.93. The minimum absolute atomic E-state index is 0.759. The fraction of sp³-hybridized carbons (Fsp3) is 0. The number of nitrogens with two attached hydrogens (primary N) is 2. The van der Waals surface area contributed by atoms with Crippen LogP contribution in [-0.4, -0.2) is 7.85 Å². The molecule has 1 aromatic rings. The maximum absolute atomic E-state index is 5.54. The van der Waals surface area contributed by atoms with Crippen LogP contribution < -0.4 is 16.9 Å². The van der Waals surface area contributed by atoms with E-state index in [0.717, 1.165) is 16.8 Å². The summed E-state index contributed by atoms with van der Waals surface area (Å²) >= 11 is 0. The third-order valence-electron chi connectivity index (χ3n) is 1.42. The van der Waals surface area contributed by atoms with Gasteiger partial charge in [0, 0.05) is 11.4 Å². The summed E-state index contributed by atoms with van der Waals surface area (Å²) in [6.07, 6.45) is 0. The van der Waals surface area contributed by atoms with Crippen LogP contribution in [0.2, 0.25) is 0 Å². The molecular weight excluding hydrogens is 111 g/mol. The molecule has 1 aromatic carbocycles. The van der Waals surface area contributed by atoms with Crippen LogP contribution in [0.15, 0.2) is 18.2 Å². The molecule has 0 amide bonds. The van der Waals surface area contributed by atoms with Crippen molar-refractivity contribution < 1.29 is 0 Å². The van der Waals surface area contributed by atoms with Crippen molar-refractivity contribution >= 4 is 24.7 Å². The second kappa shape index (κ2) is 2.01. The molecule has 0 spiro atoms. The summed E-state index contributed by atoms with van der Waals surface area (Å²) in [5.41, 5.74) is 13.6. The van der Waals surface area contributed by atoms with Crippen LogP contribution in [0.25, 0.3) is 0 Å². The first-order chi connectivity index (χ1) is 4.22. The van der Waals surface area contributed by atoms with Crippen molar-refractivity contribution in [2.24, 2.45) is 0 Å². The molecule has 0 aromatic heterocycles. The Labute approximate surface area is 55.3 Å². The van der Waals surface area contributed by atoms with Gasteiger partial charge in [0.05, 0.1) is 0 Å². The lowest BCUT2D eigenvalue weighted by Crippen LogP contribution is -2.13. The third-order valence-corrected chi connectivity index (χ3v) is 1.42. The highest BCUT2D eigenvalue weighted by Crippen LogP contribution is 2.01. The Hall–Kier alpha value is -1.12. The Kier molecular flexibility index (Phi) is 1.34. The average molecular weight is 120 g/mol. The Bertz CT molecular complexity index is 202. The summed E-state index contributed by atoms with van der Waals surface area (Å²) in [7, 11) is 1.91. The minimum atomic E-state index is 0.759. The highest BCUT2D eigenvalue weighted by molar-refractivity contribution is 6.38. The second-order valence-electron chi connectivity index (χ2n) is 2.06. The number of hydrogen-bond donors (Lipinski definition) is 2. The van der Waals surface area contributed by atoms with E-state index in [1.165, 1.54) is 0 Å². The number of anilines is 2. The lowest BCUT2D eigenvalue weighted by Gasteiger charge is -2.00. The van der Waals surface area contributed by atoms with E-state index in [1.807, 2.05) is 26.0 Å². The van der Waals surface area contributed by atoms with Gasteiger partial charge in [-0.3, -0.25) is 0 Å². The zero-order valence-corrected chi connectivity index (χ0v) is 5.39. The van der Waals surface area contributed by atoms with Crippen molar-refractivity contribution in [1.82, 2.24) is 0 Å². The number of rotatable bonds is 0. The molecule has 2 nitrogen and oxygen atoms in total. The van der Waals surface area contributed by atoms with E-state index in [2.05, 4.69) is 0 Å². The Balaban J connectivity index is 3.25. The van der Waals surface area contributed by atoms with Crippen LogP contribution in [0.5, 0.6) is 0 Å². The van der Waals surface area contributed by atoms with Crippen LogP contribution in [-0.2, 0) is 0 Å². The van der Waals surface area contributed by atoms with E-state index in [1.54, 1.807) is 0 Å². The average Bonchev–Trinajstić information content (AvgIpc) is 1.83. The van der Waals surface area contributed by atoms with Crippen LogP contribution in [0.3, 0.4) is 0 Å². The van der Waals surface area contributed by atoms with Crippen LogP contribution in [0, 0.1) is 0 Å². The molecule has 46 valence electrons. The maximum Gasteiger partial charge on any atom is 0.144 e. The molecule has 0 heterocycles. The smallest absolute Gasteiger partial charge is 0.144 e. The van der Waals surface area contributed by atoms with Gasteiger partial charge in [0.15, 0.2) is 0 Å². The lowest BCUT2D eigenvalue weighted by atomic mass is 9.92. The van der Waals surface area contributed by atoms with Crippen molar-refractivity contribution in [3.63, 3.8) is 0 Å². The number of nitrogen functional groups attached to an aromatic ring is 2. The molecule has 0 atom stereocenters. The first-order valence-electron chi connectivity index (χ1n) is 2.82. The molecule has 0 bridgehead atoms. The summed E-state index contributed by atoms with van der Waals surface area (Å²) in [5.74, 6) is 0. The Morgan fingerprint density at radius 2 is 1.56 bits per heavy atom. The van der Waals surface area contributed by atoms with Gasteiger partial charge in [0.2, 0.25) is 0 Å².